The van der Waals surface area contributed by atoms with Crippen LogP contribution in [0.4, 0.5) is 5.69 Å². The van der Waals surface area contributed by atoms with Gasteiger partial charge in [0.2, 0.25) is 0 Å². The molecule has 7 nitrogen and oxygen atoms in total. The number of carbonyl (C=O) groups is 1. The SMILES string of the molecule is CCn1cnnc1-c1cccc(NC(=O)c2ccc(COC)o2)c1. The van der Waals surface area contributed by atoms with E-state index < -0.39 is 0 Å². The van der Waals surface area contributed by atoms with Gasteiger partial charge in [0.25, 0.3) is 5.91 Å². The number of nitrogens with one attached hydrogen (secondary N) is 1. The Labute approximate surface area is 139 Å². The second-order valence-corrected chi connectivity index (χ2v) is 5.17. The maximum atomic E-state index is 12.3. The second kappa shape index (κ2) is 7.10. The van der Waals surface area contributed by atoms with Crippen LogP contribution in [0.5, 0.6) is 0 Å². The van der Waals surface area contributed by atoms with Gasteiger partial charge in [-0.15, -0.1) is 10.2 Å². The molecule has 0 saturated carbocycles. The highest BCUT2D eigenvalue weighted by Gasteiger charge is 2.13. The highest BCUT2D eigenvalue weighted by atomic mass is 16.5. The number of carbonyl (C=O) groups excluding carboxylic acids is 1. The van der Waals surface area contributed by atoms with Gasteiger partial charge < -0.3 is 19.0 Å². The maximum Gasteiger partial charge on any atom is 0.291 e. The van der Waals surface area contributed by atoms with Crippen molar-refractivity contribution < 1.29 is 13.9 Å². The lowest BCUT2D eigenvalue weighted by Crippen LogP contribution is -2.11. The van der Waals surface area contributed by atoms with Crippen molar-refractivity contribution >= 4 is 11.6 Å². The summed E-state index contributed by atoms with van der Waals surface area (Å²) in [5.74, 6) is 1.29. The number of benzene rings is 1. The first-order chi connectivity index (χ1) is 11.7. The third kappa shape index (κ3) is 3.36. The predicted octanol–water partition coefficient (Wildman–Crippen LogP) is 2.96. The molecule has 1 aromatic carbocycles. The predicted molar refractivity (Wildman–Crippen MR) is 88.5 cm³/mol. The Morgan fingerprint density at radius 1 is 1.33 bits per heavy atom. The summed E-state index contributed by atoms with van der Waals surface area (Å²) in [6.45, 7) is 3.12. The van der Waals surface area contributed by atoms with E-state index in [0.29, 0.717) is 18.1 Å². The Kier molecular flexibility index (Phi) is 4.72. The van der Waals surface area contributed by atoms with Crippen LogP contribution in [0.3, 0.4) is 0 Å². The summed E-state index contributed by atoms with van der Waals surface area (Å²) >= 11 is 0. The number of aryl methyl sites for hydroxylation is 1. The van der Waals surface area contributed by atoms with Gasteiger partial charge in [-0.3, -0.25) is 4.79 Å². The molecular formula is C17H18N4O3. The Bertz CT molecular complexity index is 838. The van der Waals surface area contributed by atoms with Gasteiger partial charge in [0, 0.05) is 24.9 Å². The lowest BCUT2D eigenvalue weighted by atomic mass is 10.2. The molecule has 0 bridgehead atoms. The van der Waals surface area contributed by atoms with Crippen molar-refractivity contribution in [2.45, 2.75) is 20.1 Å². The van der Waals surface area contributed by atoms with E-state index in [1.807, 2.05) is 35.8 Å². The van der Waals surface area contributed by atoms with Crippen molar-refractivity contribution in [1.82, 2.24) is 14.8 Å². The molecule has 0 aliphatic heterocycles. The van der Waals surface area contributed by atoms with Gasteiger partial charge in [-0.1, -0.05) is 12.1 Å². The first kappa shape index (κ1) is 15.9. The van der Waals surface area contributed by atoms with Gasteiger partial charge in [-0.05, 0) is 31.2 Å². The molecule has 0 unspecified atom stereocenters. The molecule has 7 heteroatoms. The third-order valence-electron chi connectivity index (χ3n) is 3.51. The number of hydrogen-bond acceptors (Lipinski definition) is 5. The molecule has 124 valence electrons. The summed E-state index contributed by atoms with van der Waals surface area (Å²) in [7, 11) is 1.57. The molecule has 0 fully saturated rings. The molecular weight excluding hydrogens is 308 g/mol. The Morgan fingerprint density at radius 2 is 2.21 bits per heavy atom. The normalized spacial score (nSPS) is 10.8. The van der Waals surface area contributed by atoms with E-state index in [1.54, 1.807) is 25.6 Å². The topological polar surface area (TPSA) is 82.2 Å². The lowest BCUT2D eigenvalue weighted by Gasteiger charge is -2.07. The van der Waals surface area contributed by atoms with Gasteiger partial charge in [-0.2, -0.15) is 0 Å². The quantitative estimate of drug-likeness (QED) is 0.753. The minimum absolute atomic E-state index is 0.240. The van der Waals surface area contributed by atoms with E-state index in [4.69, 9.17) is 9.15 Å². The molecule has 0 radical (unpaired) electrons. The monoisotopic (exact) mass is 326 g/mol. The zero-order valence-electron chi connectivity index (χ0n) is 13.5. The number of nitrogens with zero attached hydrogens (tertiary/aromatic N) is 3. The second-order valence-electron chi connectivity index (χ2n) is 5.17. The minimum atomic E-state index is -0.313. The fraction of sp³-hybridized carbons (Fsp3) is 0.235. The molecule has 1 amide bonds. The number of furan rings is 1. The maximum absolute atomic E-state index is 12.3. The van der Waals surface area contributed by atoms with Crippen LogP contribution in [0.25, 0.3) is 11.4 Å². The van der Waals surface area contributed by atoms with Gasteiger partial charge in [0.05, 0.1) is 0 Å². The highest BCUT2D eigenvalue weighted by Crippen LogP contribution is 2.21. The minimum Gasteiger partial charge on any atom is -0.453 e. The largest absolute Gasteiger partial charge is 0.453 e. The van der Waals surface area contributed by atoms with E-state index in [0.717, 1.165) is 17.9 Å². The summed E-state index contributed by atoms with van der Waals surface area (Å²) in [5, 5.41) is 10.9. The standard InChI is InChI=1S/C17H18N4O3/c1-3-21-11-18-20-16(21)12-5-4-6-13(9-12)19-17(22)15-8-7-14(24-15)10-23-2/h4-9,11H,3,10H2,1-2H3,(H,19,22). The lowest BCUT2D eigenvalue weighted by molar-refractivity contribution is 0.0987. The number of aromatic nitrogens is 3. The summed E-state index contributed by atoms with van der Waals surface area (Å²) < 4.78 is 12.3. The molecule has 0 spiro atoms. The van der Waals surface area contributed by atoms with Crippen molar-refractivity contribution in [3.8, 4) is 11.4 Å². The van der Waals surface area contributed by atoms with Gasteiger partial charge in [-0.25, -0.2) is 0 Å². The number of rotatable bonds is 6. The zero-order chi connectivity index (χ0) is 16.9. The van der Waals surface area contributed by atoms with E-state index in [9.17, 15) is 4.79 Å². The number of amides is 1. The zero-order valence-corrected chi connectivity index (χ0v) is 13.5. The number of methoxy groups -OCH3 is 1. The van der Waals surface area contributed by atoms with Crippen molar-refractivity contribution in [3.05, 3.63) is 54.2 Å². The molecule has 24 heavy (non-hydrogen) atoms. The molecule has 0 aliphatic carbocycles. The first-order valence-electron chi connectivity index (χ1n) is 7.58. The number of ether oxygens (including phenoxy) is 1. The highest BCUT2D eigenvalue weighted by molar-refractivity contribution is 6.02. The van der Waals surface area contributed by atoms with Gasteiger partial charge >= 0.3 is 0 Å². The number of hydrogen-bond donors (Lipinski definition) is 1. The molecule has 0 atom stereocenters. The van der Waals surface area contributed by atoms with Gasteiger partial charge in [0.15, 0.2) is 11.6 Å². The van der Waals surface area contributed by atoms with Crippen LogP contribution in [0, 0.1) is 0 Å². The molecule has 0 saturated heterocycles. The van der Waals surface area contributed by atoms with Crippen molar-refractivity contribution in [2.75, 3.05) is 12.4 Å². The van der Waals surface area contributed by atoms with Crippen LogP contribution in [-0.2, 0) is 17.9 Å². The third-order valence-corrected chi connectivity index (χ3v) is 3.51. The summed E-state index contributed by atoms with van der Waals surface area (Å²) in [6, 6.07) is 10.8. The van der Waals surface area contributed by atoms with Crippen molar-refractivity contribution in [2.24, 2.45) is 0 Å². The fourth-order valence-corrected chi connectivity index (χ4v) is 2.36. The van der Waals surface area contributed by atoms with Gasteiger partial charge in [0.1, 0.15) is 18.7 Å². The fourth-order valence-electron chi connectivity index (χ4n) is 2.36. The van der Waals surface area contributed by atoms with Crippen molar-refractivity contribution in [3.63, 3.8) is 0 Å². The Hall–Kier alpha value is -2.93. The summed E-state index contributed by atoms with van der Waals surface area (Å²) in [6.07, 6.45) is 1.68. The Balaban J connectivity index is 1.78. The first-order valence-corrected chi connectivity index (χ1v) is 7.58. The average Bonchev–Trinajstić information content (AvgIpc) is 3.24. The van der Waals surface area contributed by atoms with E-state index in [-0.39, 0.29) is 11.7 Å². The molecule has 2 aromatic heterocycles. The molecule has 0 aliphatic rings. The van der Waals surface area contributed by atoms with E-state index in [1.165, 1.54) is 0 Å². The van der Waals surface area contributed by atoms with E-state index in [2.05, 4.69) is 15.5 Å². The van der Waals surface area contributed by atoms with Crippen LogP contribution in [0.1, 0.15) is 23.2 Å². The molecule has 2 heterocycles. The molecule has 3 rings (SSSR count). The summed E-state index contributed by atoms with van der Waals surface area (Å²) in [5.41, 5.74) is 1.54. The van der Waals surface area contributed by atoms with Crippen molar-refractivity contribution in [1.29, 1.82) is 0 Å². The van der Waals surface area contributed by atoms with Crippen LogP contribution in [-0.4, -0.2) is 27.8 Å². The molecule has 3 aromatic rings. The summed E-state index contributed by atoms with van der Waals surface area (Å²) in [4.78, 5) is 12.3. The number of anilines is 1. The van der Waals surface area contributed by atoms with Crippen LogP contribution in [0.2, 0.25) is 0 Å². The van der Waals surface area contributed by atoms with E-state index >= 15 is 0 Å². The smallest absolute Gasteiger partial charge is 0.291 e. The Morgan fingerprint density at radius 3 is 3.00 bits per heavy atom. The van der Waals surface area contributed by atoms with Crippen LogP contribution in [0.15, 0.2) is 47.1 Å². The average molecular weight is 326 g/mol. The molecule has 1 N–H and O–H groups in total. The van der Waals surface area contributed by atoms with Crippen LogP contribution < -0.4 is 5.32 Å². The van der Waals surface area contributed by atoms with Crippen LogP contribution >= 0.6 is 0 Å².